The maximum Gasteiger partial charge on any atom is 0.338 e. The second-order valence-electron chi connectivity index (χ2n) is 7.99. The second kappa shape index (κ2) is 10.9. The van der Waals surface area contributed by atoms with Crippen LogP contribution in [0, 0.1) is 13.8 Å². The largest absolute Gasteiger partial charge is 0.452 e. The van der Waals surface area contributed by atoms with Gasteiger partial charge in [0.25, 0.3) is 5.91 Å². The highest BCUT2D eigenvalue weighted by molar-refractivity contribution is 7.98. The van der Waals surface area contributed by atoms with Crippen molar-refractivity contribution in [1.29, 1.82) is 0 Å². The summed E-state index contributed by atoms with van der Waals surface area (Å²) in [5.41, 5.74) is 4.37. The lowest BCUT2D eigenvalue weighted by Gasteiger charge is -2.19. The Morgan fingerprint density at radius 1 is 1.12 bits per heavy atom. The summed E-state index contributed by atoms with van der Waals surface area (Å²) in [6.45, 7) is 5.78. The quantitative estimate of drug-likeness (QED) is 0.341. The Kier molecular flexibility index (Phi) is 7.67. The first kappa shape index (κ1) is 23.3. The number of aromatic nitrogens is 1. The summed E-state index contributed by atoms with van der Waals surface area (Å²) in [6, 6.07) is 13.2. The number of carbonyl (C=O) groups excluding carboxylic acids is 2. The Morgan fingerprint density at radius 3 is 2.55 bits per heavy atom. The molecule has 33 heavy (non-hydrogen) atoms. The minimum atomic E-state index is -0.516. The third kappa shape index (κ3) is 6.36. The van der Waals surface area contributed by atoms with Crippen LogP contribution in [0.4, 0.5) is 11.4 Å². The van der Waals surface area contributed by atoms with Crippen molar-refractivity contribution in [2.75, 3.05) is 29.9 Å². The molecule has 1 N–H and O–H groups in total. The number of hydrogen-bond acceptors (Lipinski definition) is 7. The van der Waals surface area contributed by atoms with Crippen LogP contribution in [0.15, 0.2) is 52.7 Å². The summed E-state index contributed by atoms with van der Waals surface area (Å²) in [4.78, 5) is 32.5. The van der Waals surface area contributed by atoms with Crippen LogP contribution in [0.5, 0.6) is 0 Å². The van der Waals surface area contributed by atoms with Crippen LogP contribution in [0.1, 0.15) is 39.5 Å². The van der Waals surface area contributed by atoms with E-state index in [2.05, 4.69) is 26.6 Å². The van der Waals surface area contributed by atoms with Gasteiger partial charge >= 0.3 is 5.97 Å². The number of carbonyl (C=O) groups is 2. The number of benzene rings is 2. The molecule has 3 aromatic rings. The summed E-state index contributed by atoms with van der Waals surface area (Å²) in [6.07, 6.45) is 2.44. The number of anilines is 2. The standard InChI is InChI=1S/C25H27N3O3S2/c1-17-13-21(28-11-3-4-12-28)7-10-23(17)27-24(29)14-31-25(30)19-5-8-22(9-6-19)33-16-20-15-32-18(2)26-20/h5-10,13,15H,3-4,11-12,14,16H2,1-2H3,(H,27,29). The molecule has 2 aromatic carbocycles. The number of thiazole rings is 1. The van der Waals surface area contributed by atoms with Gasteiger partial charge in [-0.05, 0) is 74.7 Å². The van der Waals surface area contributed by atoms with E-state index in [0.29, 0.717) is 5.56 Å². The fraction of sp³-hybridized carbons (Fsp3) is 0.320. The van der Waals surface area contributed by atoms with Gasteiger partial charge in [0.15, 0.2) is 6.61 Å². The van der Waals surface area contributed by atoms with E-state index in [9.17, 15) is 9.59 Å². The summed E-state index contributed by atoms with van der Waals surface area (Å²) in [7, 11) is 0. The summed E-state index contributed by atoms with van der Waals surface area (Å²) < 4.78 is 5.20. The van der Waals surface area contributed by atoms with Gasteiger partial charge in [0.05, 0.1) is 16.3 Å². The fourth-order valence-corrected chi connectivity index (χ4v) is 5.19. The SMILES string of the molecule is Cc1nc(CSc2ccc(C(=O)OCC(=O)Nc3ccc(N4CCCC4)cc3C)cc2)cs1. The number of ether oxygens (including phenoxy) is 1. The first-order valence-electron chi connectivity index (χ1n) is 10.9. The van der Waals surface area contributed by atoms with Crippen LogP contribution >= 0.6 is 23.1 Å². The van der Waals surface area contributed by atoms with Crippen LogP contribution in [0.2, 0.25) is 0 Å². The van der Waals surface area contributed by atoms with Crippen LogP contribution in [0.25, 0.3) is 0 Å². The number of rotatable bonds is 8. The molecule has 1 aromatic heterocycles. The molecule has 1 aliphatic rings. The number of nitrogens with one attached hydrogen (secondary N) is 1. The molecule has 0 saturated carbocycles. The van der Waals surface area contributed by atoms with E-state index in [1.54, 1.807) is 35.2 Å². The molecule has 172 valence electrons. The zero-order valence-corrected chi connectivity index (χ0v) is 20.4. The van der Waals surface area contributed by atoms with E-state index in [4.69, 9.17) is 4.74 Å². The van der Waals surface area contributed by atoms with Gasteiger partial charge in [-0.3, -0.25) is 4.79 Å². The Morgan fingerprint density at radius 2 is 1.88 bits per heavy atom. The highest BCUT2D eigenvalue weighted by atomic mass is 32.2. The summed E-state index contributed by atoms with van der Waals surface area (Å²) >= 11 is 3.30. The van der Waals surface area contributed by atoms with Gasteiger partial charge < -0.3 is 15.0 Å². The van der Waals surface area contributed by atoms with Crippen LogP contribution in [0.3, 0.4) is 0 Å². The molecule has 0 aliphatic carbocycles. The van der Waals surface area contributed by atoms with Gasteiger partial charge in [-0.25, -0.2) is 9.78 Å². The van der Waals surface area contributed by atoms with Crippen molar-refractivity contribution in [3.63, 3.8) is 0 Å². The second-order valence-corrected chi connectivity index (χ2v) is 10.1. The molecule has 4 rings (SSSR count). The molecule has 6 nitrogen and oxygen atoms in total. The van der Waals surface area contributed by atoms with E-state index in [0.717, 1.165) is 45.7 Å². The normalized spacial score (nSPS) is 13.2. The molecule has 0 spiro atoms. The summed E-state index contributed by atoms with van der Waals surface area (Å²) in [5, 5.41) is 5.95. The molecular weight excluding hydrogens is 454 g/mol. The Labute approximate surface area is 202 Å². The van der Waals surface area contributed by atoms with Crippen molar-refractivity contribution in [1.82, 2.24) is 4.98 Å². The molecule has 2 heterocycles. The molecular formula is C25H27N3O3S2. The fourth-order valence-electron chi connectivity index (χ4n) is 3.68. The number of amides is 1. The molecule has 8 heteroatoms. The number of nitrogens with zero attached hydrogens (tertiary/aromatic N) is 2. The van der Waals surface area contributed by atoms with Crippen molar-refractivity contribution in [2.24, 2.45) is 0 Å². The zero-order valence-electron chi connectivity index (χ0n) is 18.8. The molecule has 1 fully saturated rings. The molecule has 1 saturated heterocycles. The van der Waals surface area contributed by atoms with Gasteiger partial charge in [-0.1, -0.05) is 0 Å². The van der Waals surface area contributed by atoms with E-state index in [-0.39, 0.29) is 12.5 Å². The molecule has 0 radical (unpaired) electrons. The van der Waals surface area contributed by atoms with Gasteiger partial charge in [-0.2, -0.15) is 0 Å². The molecule has 0 unspecified atom stereocenters. The average molecular weight is 482 g/mol. The topological polar surface area (TPSA) is 71.5 Å². The van der Waals surface area contributed by atoms with Gasteiger partial charge in [0.1, 0.15) is 0 Å². The van der Waals surface area contributed by atoms with Crippen LogP contribution in [-0.4, -0.2) is 36.6 Å². The van der Waals surface area contributed by atoms with Crippen LogP contribution in [-0.2, 0) is 15.3 Å². The van der Waals surface area contributed by atoms with Crippen molar-refractivity contribution < 1.29 is 14.3 Å². The monoisotopic (exact) mass is 481 g/mol. The number of esters is 1. The van der Waals surface area contributed by atoms with E-state index >= 15 is 0 Å². The molecule has 1 aliphatic heterocycles. The van der Waals surface area contributed by atoms with Crippen molar-refractivity contribution in [3.8, 4) is 0 Å². The first-order chi connectivity index (χ1) is 16.0. The summed E-state index contributed by atoms with van der Waals surface area (Å²) in [5.74, 6) is -0.0868. The van der Waals surface area contributed by atoms with E-state index < -0.39 is 5.97 Å². The van der Waals surface area contributed by atoms with E-state index in [1.807, 2.05) is 38.1 Å². The number of thioether (sulfide) groups is 1. The molecule has 0 bridgehead atoms. The lowest BCUT2D eigenvalue weighted by atomic mass is 10.1. The molecule has 0 atom stereocenters. The van der Waals surface area contributed by atoms with Crippen molar-refractivity contribution in [2.45, 2.75) is 37.3 Å². The average Bonchev–Trinajstić information content (AvgIpc) is 3.50. The minimum absolute atomic E-state index is 0.328. The smallest absolute Gasteiger partial charge is 0.338 e. The van der Waals surface area contributed by atoms with Gasteiger partial charge in [-0.15, -0.1) is 23.1 Å². The van der Waals surface area contributed by atoms with Crippen LogP contribution < -0.4 is 10.2 Å². The third-order valence-corrected chi connectivity index (χ3v) is 7.30. The van der Waals surface area contributed by atoms with Crippen molar-refractivity contribution >= 4 is 46.3 Å². The maximum absolute atomic E-state index is 12.3. The highest BCUT2D eigenvalue weighted by Crippen LogP contribution is 2.26. The minimum Gasteiger partial charge on any atom is -0.452 e. The zero-order chi connectivity index (χ0) is 23.2. The highest BCUT2D eigenvalue weighted by Gasteiger charge is 2.15. The van der Waals surface area contributed by atoms with E-state index in [1.165, 1.54) is 18.5 Å². The lowest BCUT2D eigenvalue weighted by Crippen LogP contribution is -2.22. The Bertz CT molecular complexity index is 1120. The maximum atomic E-state index is 12.3. The number of hydrogen-bond donors (Lipinski definition) is 1. The Hall–Kier alpha value is -2.84. The predicted octanol–water partition coefficient (Wildman–Crippen LogP) is 5.45. The predicted molar refractivity (Wildman–Crippen MR) is 134 cm³/mol. The lowest BCUT2D eigenvalue weighted by molar-refractivity contribution is -0.119. The Balaban J connectivity index is 1.24. The third-order valence-electron chi connectivity index (χ3n) is 5.43. The first-order valence-corrected chi connectivity index (χ1v) is 12.8. The molecule has 1 amide bonds. The van der Waals surface area contributed by atoms with Gasteiger partial charge in [0.2, 0.25) is 0 Å². The number of aryl methyl sites for hydroxylation is 2. The van der Waals surface area contributed by atoms with Crippen molar-refractivity contribution in [3.05, 3.63) is 69.7 Å². The van der Waals surface area contributed by atoms with Gasteiger partial charge in [0, 0.05) is 40.5 Å².